The summed E-state index contributed by atoms with van der Waals surface area (Å²) in [6.07, 6.45) is 2.55. The van der Waals surface area contributed by atoms with Crippen LogP contribution in [-0.2, 0) is 9.59 Å². The van der Waals surface area contributed by atoms with Gasteiger partial charge in [-0.05, 0) is 26.3 Å². The van der Waals surface area contributed by atoms with Gasteiger partial charge >= 0.3 is 0 Å². The smallest absolute Gasteiger partial charge is 0.223 e. The first kappa shape index (κ1) is 13.0. The van der Waals surface area contributed by atoms with Crippen molar-refractivity contribution in [1.82, 2.24) is 16.0 Å². The van der Waals surface area contributed by atoms with Crippen molar-refractivity contribution in [1.29, 1.82) is 0 Å². The van der Waals surface area contributed by atoms with Crippen molar-refractivity contribution in [3.63, 3.8) is 0 Å². The fourth-order valence-corrected chi connectivity index (χ4v) is 1.94. The lowest BCUT2D eigenvalue weighted by atomic mass is 9.89. The van der Waals surface area contributed by atoms with Gasteiger partial charge in [0, 0.05) is 18.4 Å². The molecule has 0 saturated carbocycles. The second-order valence-electron chi connectivity index (χ2n) is 4.34. The van der Waals surface area contributed by atoms with Gasteiger partial charge in [0.2, 0.25) is 11.8 Å². The minimum atomic E-state index is -0.109. The van der Waals surface area contributed by atoms with Gasteiger partial charge in [-0.25, -0.2) is 0 Å². The molecule has 1 rings (SSSR count). The third kappa shape index (κ3) is 3.81. The maximum Gasteiger partial charge on any atom is 0.223 e. The Labute approximate surface area is 96.4 Å². The molecule has 0 aliphatic carbocycles. The van der Waals surface area contributed by atoms with Crippen molar-refractivity contribution in [3.05, 3.63) is 0 Å². The predicted octanol–water partition coefficient (Wildman–Crippen LogP) is -0.168. The molecule has 0 radical (unpaired) electrons. The Morgan fingerprint density at radius 1 is 1.62 bits per heavy atom. The molecular weight excluding hydrogens is 206 g/mol. The quantitative estimate of drug-likeness (QED) is 0.571. The second kappa shape index (κ2) is 6.48. The van der Waals surface area contributed by atoms with E-state index in [0.29, 0.717) is 13.1 Å². The van der Waals surface area contributed by atoms with E-state index in [9.17, 15) is 9.59 Å². The number of hydrogen-bond donors (Lipinski definition) is 3. The van der Waals surface area contributed by atoms with Crippen molar-refractivity contribution in [2.75, 3.05) is 20.3 Å². The Bertz CT molecular complexity index is 256. The molecule has 2 amide bonds. The zero-order valence-corrected chi connectivity index (χ0v) is 10.0. The van der Waals surface area contributed by atoms with Crippen LogP contribution in [0.15, 0.2) is 0 Å². The molecule has 2 unspecified atom stereocenters. The summed E-state index contributed by atoms with van der Waals surface area (Å²) in [6.45, 7) is 3.11. The molecule has 1 fully saturated rings. The first-order chi connectivity index (χ1) is 7.65. The minimum absolute atomic E-state index is 0.00378. The maximum absolute atomic E-state index is 11.6. The minimum Gasteiger partial charge on any atom is -0.356 e. The largest absolute Gasteiger partial charge is 0.356 e. The summed E-state index contributed by atoms with van der Waals surface area (Å²) in [5.74, 6) is -0.00137. The van der Waals surface area contributed by atoms with Gasteiger partial charge in [-0.1, -0.05) is 6.92 Å². The molecule has 3 N–H and O–H groups in total. The summed E-state index contributed by atoms with van der Waals surface area (Å²) >= 11 is 0. The highest BCUT2D eigenvalue weighted by Gasteiger charge is 2.26. The first-order valence-electron chi connectivity index (χ1n) is 5.85. The maximum atomic E-state index is 11.6. The number of amides is 2. The highest BCUT2D eigenvalue weighted by atomic mass is 16.2. The van der Waals surface area contributed by atoms with E-state index in [-0.39, 0.29) is 23.7 Å². The van der Waals surface area contributed by atoms with Gasteiger partial charge < -0.3 is 16.0 Å². The van der Waals surface area contributed by atoms with Gasteiger partial charge in [-0.3, -0.25) is 9.59 Å². The van der Waals surface area contributed by atoms with E-state index < -0.39 is 0 Å². The first-order valence-corrected chi connectivity index (χ1v) is 5.85. The number of nitrogens with one attached hydrogen (secondary N) is 3. The zero-order valence-electron chi connectivity index (χ0n) is 10.0. The van der Waals surface area contributed by atoms with Gasteiger partial charge in [0.05, 0.1) is 6.67 Å². The molecule has 0 aromatic rings. The summed E-state index contributed by atoms with van der Waals surface area (Å²) < 4.78 is 0. The van der Waals surface area contributed by atoms with Crippen LogP contribution in [0.2, 0.25) is 0 Å². The van der Waals surface area contributed by atoms with Crippen molar-refractivity contribution < 1.29 is 9.59 Å². The molecular formula is C11H21N3O2. The topological polar surface area (TPSA) is 70.2 Å². The van der Waals surface area contributed by atoms with Crippen LogP contribution in [0.3, 0.4) is 0 Å². The van der Waals surface area contributed by atoms with Crippen LogP contribution in [0.25, 0.3) is 0 Å². The fraction of sp³-hybridized carbons (Fsp3) is 0.818. The normalized spacial score (nSPS) is 22.4. The number of hydrogen-bond acceptors (Lipinski definition) is 3. The van der Waals surface area contributed by atoms with Crippen molar-refractivity contribution >= 4 is 11.8 Å². The van der Waals surface area contributed by atoms with Crippen molar-refractivity contribution in [2.24, 2.45) is 11.8 Å². The van der Waals surface area contributed by atoms with Crippen molar-refractivity contribution in [2.45, 2.75) is 26.2 Å². The lowest BCUT2D eigenvalue weighted by molar-refractivity contribution is -0.129. The Morgan fingerprint density at radius 2 is 2.38 bits per heavy atom. The molecule has 1 heterocycles. The molecule has 92 valence electrons. The predicted molar refractivity (Wildman–Crippen MR) is 61.6 cm³/mol. The molecule has 1 saturated heterocycles. The van der Waals surface area contributed by atoms with Crippen LogP contribution in [0.5, 0.6) is 0 Å². The Hall–Kier alpha value is -1.10. The van der Waals surface area contributed by atoms with Gasteiger partial charge in [0.25, 0.3) is 0 Å². The van der Waals surface area contributed by atoms with Crippen LogP contribution >= 0.6 is 0 Å². The molecule has 0 bridgehead atoms. The van der Waals surface area contributed by atoms with E-state index in [0.717, 1.165) is 19.4 Å². The molecule has 0 spiro atoms. The summed E-state index contributed by atoms with van der Waals surface area (Å²) in [4.78, 5) is 23.1. The van der Waals surface area contributed by atoms with Crippen LogP contribution in [0, 0.1) is 11.8 Å². The molecule has 2 atom stereocenters. The number of piperidine rings is 1. The molecule has 0 aromatic heterocycles. The summed E-state index contributed by atoms with van der Waals surface area (Å²) in [6, 6.07) is 0. The number of carbonyl (C=O) groups excluding carboxylic acids is 2. The molecule has 0 aromatic carbocycles. The Balaban J connectivity index is 2.34. The van der Waals surface area contributed by atoms with Crippen LogP contribution < -0.4 is 16.0 Å². The van der Waals surface area contributed by atoms with Gasteiger partial charge in [-0.2, -0.15) is 0 Å². The Kier molecular flexibility index (Phi) is 5.25. The zero-order chi connectivity index (χ0) is 12.0. The fourth-order valence-electron chi connectivity index (χ4n) is 1.94. The van der Waals surface area contributed by atoms with Crippen LogP contribution in [0.4, 0.5) is 0 Å². The van der Waals surface area contributed by atoms with Gasteiger partial charge in [0.15, 0.2) is 0 Å². The molecule has 1 aliphatic rings. The summed E-state index contributed by atoms with van der Waals surface area (Å²) in [5.41, 5.74) is 0. The Morgan fingerprint density at radius 3 is 3.00 bits per heavy atom. The molecule has 5 heteroatoms. The van der Waals surface area contributed by atoms with E-state index in [4.69, 9.17) is 0 Å². The van der Waals surface area contributed by atoms with Crippen LogP contribution in [0.1, 0.15) is 26.2 Å². The third-order valence-corrected chi connectivity index (χ3v) is 2.92. The van der Waals surface area contributed by atoms with Crippen molar-refractivity contribution in [3.8, 4) is 0 Å². The molecule has 5 nitrogen and oxygen atoms in total. The van der Waals surface area contributed by atoms with E-state index >= 15 is 0 Å². The van der Waals surface area contributed by atoms with E-state index in [1.807, 2.05) is 6.92 Å². The highest BCUT2D eigenvalue weighted by Crippen LogP contribution is 2.20. The van der Waals surface area contributed by atoms with Gasteiger partial charge in [0.1, 0.15) is 0 Å². The SMILES string of the molecule is CNCNC(=O)C(C)CC1CCCNC1=O. The lowest BCUT2D eigenvalue weighted by Gasteiger charge is -2.24. The second-order valence-corrected chi connectivity index (χ2v) is 4.34. The van der Waals surface area contributed by atoms with Gasteiger partial charge in [-0.15, -0.1) is 0 Å². The van der Waals surface area contributed by atoms with E-state index in [1.165, 1.54) is 0 Å². The lowest BCUT2D eigenvalue weighted by Crippen LogP contribution is -2.40. The van der Waals surface area contributed by atoms with E-state index in [1.54, 1.807) is 7.05 Å². The standard InChI is InChI=1S/C11H21N3O2/c1-8(10(15)14-7-12-2)6-9-4-3-5-13-11(9)16/h8-9,12H,3-7H2,1-2H3,(H,13,16)(H,14,15). The van der Waals surface area contributed by atoms with E-state index in [2.05, 4.69) is 16.0 Å². The summed E-state index contributed by atoms with van der Waals surface area (Å²) in [5, 5.41) is 8.45. The monoisotopic (exact) mass is 227 g/mol. The third-order valence-electron chi connectivity index (χ3n) is 2.92. The average Bonchev–Trinajstić information content (AvgIpc) is 2.28. The molecule has 1 aliphatic heterocycles. The number of rotatable bonds is 5. The molecule has 16 heavy (non-hydrogen) atoms. The number of carbonyl (C=O) groups is 2. The average molecular weight is 227 g/mol. The summed E-state index contributed by atoms with van der Waals surface area (Å²) in [7, 11) is 1.78. The van der Waals surface area contributed by atoms with Crippen LogP contribution in [-0.4, -0.2) is 32.1 Å². The highest BCUT2D eigenvalue weighted by molar-refractivity contribution is 5.82.